The summed E-state index contributed by atoms with van der Waals surface area (Å²) in [6, 6.07) is -27.4. The minimum Gasteiger partial charge on any atom is -0.456 e. The van der Waals surface area contributed by atoms with Gasteiger partial charge in [-0.3, -0.25) is 0 Å². The first kappa shape index (κ1) is 10.6. The minimum atomic E-state index is -1.20. The molecule has 0 spiro atoms. The molecule has 0 aliphatic rings. The highest BCUT2D eigenvalue weighted by Gasteiger charge is 2.21. The third-order valence-corrected chi connectivity index (χ3v) is 7.50. The maximum Gasteiger partial charge on any atom is 0.136 e. The van der Waals surface area contributed by atoms with Crippen molar-refractivity contribution in [1.82, 2.24) is 4.57 Å². The van der Waals surface area contributed by atoms with E-state index in [0.717, 1.165) is 0 Å². The molecule has 0 unspecified atom stereocenters. The Morgan fingerprint density at radius 3 is 2.00 bits per heavy atom. The summed E-state index contributed by atoms with van der Waals surface area (Å²) in [5, 5.41) is -4.94. The largest absolute Gasteiger partial charge is 0.456 e. The molecular weight excluding hydrogens is 572 g/mol. The second kappa shape index (κ2) is 10.1. The predicted octanol–water partition coefficient (Wildman–Crippen LogP) is 12.5. The second-order valence-corrected chi connectivity index (χ2v) is 10.0. The molecule has 2 aromatic heterocycles. The van der Waals surface area contributed by atoms with Crippen LogP contribution in [0.3, 0.4) is 0 Å². The molecule has 0 amide bonds. The van der Waals surface area contributed by atoms with Gasteiger partial charge in [0.15, 0.2) is 0 Å². The van der Waals surface area contributed by atoms with E-state index < -0.39 is 257 Å². The highest BCUT2D eigenvalue weighted by molar-refractivity contribution is 6.18. The Hall–Kier alpha value is -6.32. The molecule has 0 radical (unpaired) electrons. The van der Waals surface area contributed by atoms with Gasteiger partial charge in [-0.1, -0.05) is 103 Å². The molecule has 3 heteroatoms. The lowest BCUT2D eigenvalue weighted by atomic mass is 9.99. The summed E-state index contributed by atoms with van der Waals surface area (Å²) in [5.74, 6) is 0. The zero-order chi connectivity index (χ0) is 55.3. The minimum absolute atomic E-state index is 0.420. The van der Waals surface area contributed by atoms with Crippen LogP contribution in [0.1, 0.15) is 38.4 Å². The number of rotatable bonds is 4. The van der Waals surface area contributed by atoms with Crippen molar-refractivity contribution in [3.05, 3.63) is 169 Å². The van der Waals surface area contributed by atoms with Crippen LogP contribution in [0, 0.1) is 0 Å². The maximum atomic E-state index is 10.1. The highest BCUT2D eigenvalue weighted by Crippen LogP contribution is 2.44. The number of benzene rings is 8. The number of fused-ring (bicyclic) bond motifs is 9. The molecule has 0 saturated heterocycles. The summed E-state index contributed by atoms with van der Waals surface area (Å²) in [5.41, 5.74) is -6.74. The first-order valence-electron chi connectivity index (χ1n) is 27.7. The normalized spacial score (nSPS) is 20.2. The lowest BCUT2D eigenvalue weighted by Crippen LogP contribution is -2.11. The number of anilines is 3. The van der Waals surface area contributed by atoms with E-state index in [9.17, 15) is 16.4 Å². The third kappa shape index (κ3) is 3.93. The van der Waals surface area contributed by atoms with Gasteiger partial charge in [0, 0.05) is 38.6 Å². The van der Waals surface area contributed by atoms with Crippen LogP contribution in [0.15, 0.2) is 174 Å². The topological polar surface area (TPSA) is 21.3 Å². The van der Waals surface area contributed by atoms with Gasteiger partial charge >= 0.3 is 0 Å². The van der Waals surface area contributed by atoms with Gasteiger partial charge in [-0.15, -0.1) is 0 Å². The lowest BCUT2D eigenvalue weighted by molar-refractivity contribution is 0.669. The summed E-state index contributed by atoms with van der Waals surface area (Å²) in [6.45, 7) is 0. The van der Waals surface area contributed by atoms with Crippen LogP contribution in [-0.4, -0.2) is 4.57 Å². The fourth-order valence-electron chi connectivity index (χ4n) is 5.57. The van der Waals surface area contributed by atoms with Crippen LogP contribution >= 0.6 is 0 Å². The first-order chi connectivity index (χ1) is 35.0. The summed E-state index contributed by atoms with van der Waals surface area (Å²) in [6.07, 6.45) is 0. The Morgan fingerprint density at radius 2 is 1.13 bits per heavy atom. The first-order valence-corrected chi connectivity index (χ1v) is 13.7. The molecule has 10 rings (SSSR count). The lowest BCUT2D eigenvalue weighted by Gasteiger charge is -2.27. The molecule has 0 saturated carbocycles. The second-order valence-electron chi connectivity index (χ2n) is 10.0. The molecular formula is C44H28N2O. The van der Waals surface area contributed by atoms with Crippen molar-refractivity contribution in [2.75, 3.05) is 4.90 Å². The number of hydrogen-bond donors (Lipinski definition) is 0. The van der Waals surface area contributed by atoms with Crippen molar-refractivity contribution in [3.63, 3.8) is 0 Å². The number of aromatic nitrogens is 1. The van der Waals surface area contributed by atoms with Crippen molar-refractivity contribution in [2.45, 2.75) is 0 Å². The Morgan fingerprint density at radius 1 is 0.447 bits per heavy atom. The molecule has 8 aromatic carbocycles. The van der Waals surface area contributed by atoms with Crippen LogP contribution < -0.4 is 4.90 Å². The summed E-state index contributed by atoms with van der Waals surface area (Å²) >= 11 is 0. The fourth-order valence-corrected chi connectivity index (χ4v) is 5.57. The molecule has 47 heavy (non-hydrogen) atoms. The molecule has 3 nitrogen and oxygen atoms in total. The smallest absolute Gasteiger partial charge is 0.136 e. The summed E-state index contributed by atoms with van der Waals surface area (Å²) in [7, 11) is 0. The molecule has 0 fully saturated rings. The van der Waals surface area contributed by atoms with Crippen LogP contribution in [0.2, 0.25) is 0 Å². The van der Waals surface area contributed by atoms with E-state index in [0.29, 0.717) is 9.47 Å². The summed E-state index contributed by atoms with van der Waals surface area (Å²) in [4.78, 5) is 0.448. The maximum absolute atomic E-state index is 10.1. The zero-order valence-corrected chi connectivity index (χ0v) is 23.3. The predicted molar refractivity (Wildman–Crippen MR) is 198 cm³/mol. The molecule has 2 heterocycles. The number of hydrogen-bond acceptors (Lipinski definition) is 2. The average molecular weight is 629 g/mol. The van der Waals surface area contributed by atoms with Gasteiger partial charge in [0.2, 0.25) is 0 Å². The van der Waals surface area contributed by atoms with E-state index in [1.54, 1.807) is 0 Å². The molecule has 0 N–H and O–H groups in total. The number of para-hydroxylation sites is 5. The van der Waals surface area contributed by atoms with E-state index in [1.807, 2.05) is 0 Å². The van der Waals surface area contributed by atoms with E-state index in [4.69, 9.17) is 26.3 Å². The zero-order valence-electron chi connectivity index (χ0n) is 51.3. The highest BCUT2D eigenvalue weighted by atomic mass is 16.3. The monoisotopic (exact) mass is 628 g/mol. The van der Waals surface area contributed by atoms with Crippen molar-refractivity contribution in [2.24, 2.45) is 0 Å². The molecule has 0 aliphatic heterocycles. The SMILES string of the molecule is [2H]c1c([2H])c([2H])c(N(c2c([2H])c([2H])c3c([2H])c([2H])c4c([2H])c5oc6c([2H])c([2H])c([2H])c([2H])c6c5c([2H])c4c3c2[2H])c2c([2H])c([2H])c([2H])c3c4c([2H])c([2H])c([2H])c([2H])c4n(-c4c([2H])c([2H])c([2H])c([2H])c4[2H])c23)c([2H])c1[2H]. The Balaban J connectivity index is 1.55. The average Bonchev–Trinajstić information content (AvgIpc) is 4.04. The van der Waals surface area contributed by atoms with Gasteiger partial charge in [-0.05, 0) is 88.0 Å². The van der Waals surface area contributed by atoms with Crippen LogP contribution in [0.4, 0.5) is 17.1 Å². The molecule has 0 atom stereocenters. The Bertz CT molecular complexity index is 4350. The number of nitrogens with zero attached hydrogens (tertiary/aromatic N) is 2. The van der Waals surface area contributed by atoms with E-state index in [2.05, 4.69) is 0 Å². The molecule has 0 bridgehead atoms. The molecule has 220 valence electrons. The summed E-state index contributed by atoms with van der Waals surface area (Å²) < 4.78 is 259. The van der Waals surface area contributed by atoms with Gasteiger partial charge in [0.1, 0.15) is 11.2 Å². The molecule has 10 aromatic rings. The van der Waals surface area contributed by atoms with Crippen molar-refractivity contribution in [3.8, 4) is 5.69 Å². The molecule has 0 aliphatic carbocycles. The van der Waals surface area contributed by atoms with Crippen molar-refractivity contribution < 1.29 is 42.8 Å². The Kier molecular flexibility index (Phi) is 2.28. The van der Waals surface area contributed by atoms with E-state index in [-0.39, 0.29) is 0 Å². The van der Waals surface area contributed by atoms with Crippen molar-refractivity contribution >= 4 is 82.4 Å². The fraction of sp³-hybridized carbons (Fsp3) is 0. The van der Waals surface area contributed by atoms with E-state index in [1.165, 1.54) is 0 Å². The van der Waals surface area contributed by atoms with Gasteiger partial charge in [0.25, 0.3) is 0 Å². The quantitative estimate of drug-likeness (QED) is 0.181. The van der Waals surface area contributed by atoms with Gasteiger partial charge in [-0.2, -0.15) is 0 Å². The Labute approximate surface area is 310 Å². The van der Waals surface area contributed by atoms with E-state index >= 15 is 0 Å². The van der Waals surface area contributed by atoms with Crippen LogP contribution in [-0.2, 0) is 0 Å². The van der Waals surface area contributed by atoms with Gasteiger partial charge < -0.3 is 13.9 Å². The van der Waals surface area contributed by atoms with Gasteiger partial charge in [0.05, 0.1) is 55.1 Å². The number of furan rings is 1. The van der Waals surface area contributed by atoms with Crippen molar-refractivity contribution in [1.29, 1.82) is 0 Å². The van der Waals surface area contributed by atoms with Crippen LogP contribution in [0.5, 0.6) is 0 Å². The van der Waals surface area contributed by atoms with Gasteiger partial charge in [-0.25, -0.2) is 0 Å². The standard InChI is InChI=1S/C44H28N2O/c1-3-12-31(13-4-1)45(41-20-11-18-36-34-16-7-9-19-40(34)46(44(36)41)32-14-5-2-6-15-32)33-25-24-29-22-23-30-26-43-39(28-38(30)37(29)27-33)35-17-8-10-21-42(35)47-43/h1-28H/i1D,2D,3D,4D,5D,6D,7D,8D,9D,10D,11D,12D,13D,14D,15D,16D,17D,18D,19D,20D,21D,22D,23D,24D,25D,26D,27D,28D. The van der Waals surface area contributed by atoms with Crippen LogP contribution in [0.25, 0.3) is 71.0 Å². The third-order valence-electron chi connectivity index (χ3n) is 7.50.